The van der Waals surface area contributed by atoms with E-state index in [9.17, 15) is 0 Å². The Morgan fingerprint density at radius 1 is 1.11 bits per heavy atom. The van der Waals surface area contributed by atoms with Crippen LogP contribution in [0.4, 0.5) is 0 Å². The lowest BCUT2D eigenvalue weighted by atomic mass is 10.2. The summed E-state index contributed by atoms with van der Waals surface area (Å²) in [5.74, 6) is 0.919. The molecule has 0 saturated carbocycles. The van der Waals surface area contributed by atoms with Crippen LogP contribution in [0.25, 0.3) is 0 Å². The number of rotatable bonds is 5. The van der Waals surface area contributed by atoms with E-state index in [1.54, 1.807) is 7.11 Å². The van der Waals surface area contributed by atoms with Crippen molar-refractivity contribution in [1.29, 1.82) is 0 Å². The minimum Gasteiger partial charge on any atom is -0.496 e. The second kappa shape index (κ2) is 6.17. The van der Waals surface area contributed by atoms with Crippen LogP contribution in [0.1, 0.15) is 16.8 Å². The molecule has 18 heavy (non-hydrogen) atoms. The van der Waals surface area contributed by atoms with Crippen molar-refractivity contribution in [1.82, 2.24) is 10.3 Å². The van der Waals surface area contributed by atoms with E-state index in [1.807, 2.05) is 30.5 Å². The van der Waals surface area contributed by atoms with Crippen LogP contribution >= 0.6 is 0 Å². The fourth-order valence-electron chi connectivity index (χ4n) is 1.87. The Morgan fingerprint density at radius 2 is 1.94 bits per heavy atom. The van der Waals surface area contributed by atoms with Gasteiger partial charge in [-0.15, -0.1) is 0 Å². The smallest absolute Gasteiger partial charge is 0.123 e. The summed E-state index contributed by atoms with van der Waals surface area (Å²) in [6, 6.07) is 12.1. The number of nitrogens with zero attached hydrogens (tertiary/aromatic N) is 1. The fraction of sp³-hybridized carbons (Fsp3) is 0.267. The highest BCUT2D eigenvalue weighted by Gasteiger charge is 2.02. The average molecular weight is 242 g/mol. The van der Waals surface area contributed by atoms with Crippen LogP contribution in [0, 0.1) is 6.92 Å². The zero-order valence-electron chi connectivity index (χ0n) is 10.8. The number of hydrogen-bond acceptors (Lipinski definition) is 3. The molecule has 3 heteroatoms. The molecular formula is C15H18N2O. The van der Waals surface area contributed by atoms with Crippen LogP contribution in [-0.2, 0) is 13.1 Å². The minimum atomic E-state index is 0.769. The summed E-state index contributed by atoms with van der Waals surface area (Å²) in [5, 5.41) is 3.39. The summed E-state index contributed by atoms with van der Waals surface area (Å²) in [6.45, 7) is 3.62. The predicted molar refractivity (Wildman–Crippen MR) is 72.5 cm³/mol. The third-order valence-electron chi connectivity index (χ3n) is 2.92. The van der Waals surface area contributed by atoms with Crippen LogP contribution < -0.4 is 10.1 Å². The number of ether oxygens (including phenoxy) is 1. The third-order valence-corrected chi connectivity index (χ3v) is 2.92. The molecule has 0 amide bonds. The van der Waals surface area contributed by atoms with Crippen molar-refractivity contribution in [3.05, 3.63) is 59.4 Å². The number of methoxy groups -OCH3 is 1. The van der Waals surface area contributed by atoms with Gasteiger partial charge in [-0.25, -0.2) is 0 Å². The highest BCUT2D eigenvalue weighted by Crippen LogP contribution is 2.16. The zero-order chi connectivity index (χ0) is 12.8. The van der Waals surface area contributed by atoms with E-state index in [1.165, 1.54) is 5.56 Å². The third kappa shape index (κ3) is 3.08. The van der Waals surface area contributed by atoms with Gasteiger partial charge in [-0.1, -0.05) is 24.3 Å². The summed E-state index contributed by atoms with van der Waals surface area (Å²) in [6.07, 6.45) is 1.83. The van der Waals surface area contributed by atoms with Gasteiger partial charge in [-0.2, -0.15) is 0 Å². The molecule has 0 aliphatic heterocycles. The monoisotopic (exact) mass is 242 g/mol. The molecule has 2 aromatic rings. The molecule has 0 radical (unpaired) electrons. The van der Waals surface area contributed by atoms with E-state index < -0.39 is 0 Å². The summed E-state index contributed by atoms with van der Waals surface area (Å²) >= 11 is 0. The second-order valence-corrected chi connectivity index (χ2v) is 4.18. The van der Waals surface area contributed by atoms with Gasteiger partial charge in [0, 0.05) is 24.8 Å². The summed E-state index contributed by atoms with van der Waals surface area (Å²) in [7, 11) is 1.70. The molecule has 1 aromatic heterocycles. The van der Waals surface area contributed by atoms with Crippen LogP contribution in [-0.4, -0.2) is 12.1 Å². The van der Waals surface area contributed by atoms with Crippen molar-refractivity contribution in [2.45, 2.75) is 20.0 Å². The van der Waals surface area contributed by atoms with Crippen molar-refractivity contribution in [3.8, 4) is 5.75 Å². The maximum absolute atomic E-state index is 5.32. The van der Waals surface area contributed by atoms with E-state index in [0.29, 0.717) is 0 Å². The molecule has 0 atom stereocenters. The molecule has 0 aliphatic carbocycles. The van der Waals surface area contributed by atoms with Crippen molar-refractivity contribution < 1.29 is 4.74 Å². The maximum atomic E-state index is 5.32. The van der Waals surface area contributed by atoms with Gasteiger partial charge >= 0.3 is 0 Å². The Kier molecular flexibility index (Phi) is 4.31. The van der Waals surface area contributed by atoms with Gasteiger partial charge in [0.1, 0.15) is 5.75 Å². The molecule has 2 rings (SSSR count). The number of hydrogen-bond donors (Lipinski definition) is 1. The van der Waals surface area contributed by atoms with Crippen LogP contribution in [0.2, 0.25) is 0 Å². The largest absolute Gasteiger partial charge is 0.496 e. The number of benzene rings is 1. The first-order valence-electron chi connectivity index (χ1n) is 6.04. The molecule has 0 aliphatic rings. The SMILES string of the molecule is COc1ccccc1CNCc1ncccc1C. The van der Waals surface area contributed by atoms with Crippen molar-refractivity contribution >= 4 is 0 Å². The number of nitrogens with one attached hydrogen (secondary N) is 1. The molecule has 1 aromatic carbocycles. The van der Waals surface area contributed by atoms with Crippen molar-refractivity contribution in [2.75, 3.05) is 7.11 Å². The zero-order valence-corrected chi connectivity index (χ0v) is 10.8. The van der Waals surface area contributed by atoms with E-state index in [4.69, 9.17) is 4.74 Å². The van der Waals surface area contributed by atoms with E-state index in [0.717, 1.165) is 30.1 Å². The van der Waals surface area contributed by atoms with Crippen LogP contribution in [0.5, 0.6) is 5.75 Å². The van der Waals surface area contributed by atoms with Gasteiger partial charge in [0.05, 0.1) is 12.8 Å². The molecular weight excluding hydrogens is 224 g/mol. The molecule has 0 bridgehead atoms. The highest BCUT2D eigenvalue weighted by atomic mass is 16.5. The molecule has 0 spiro atoms. The Labute approximate surface area is 108 Å². The van der Waals surface area contributed by atoms with E-state index in [2.05, 4.69) is 29.4 Å². The number of pyridine rings is 1. The van der Waals surface area contributed by atoms with Crippen LogP contribution in [0.15, 0.2) is 42.6 Å². The lowest BCUT2D eigenvalue weighted by Gasteiger charge is -2.10. The standard InChI is InChI=1S/C15H18N2O/c1-12-6-5-9-17-14(12)11-16-10-13-7-3-4-8-15(13)18-2/h3-9,16H,10-11H2,1-2H3. The highest BCUT2D eigenvalue weighted by molar-refractivity contribution is 5.33. The minimum absolute atomic E-state index is 0.769. The Morgan fingerprint density at radius 3 is 2.72 bits per heavy atom. The maximum Gasteiger partial charge on any atom is 0.123 e. The van der Waals surface area contributed by atoms with Gasteiger partial charge in [-0.3, -0.25) is 4.98 Å². The molecule has 0 fully saturated rings. The molecule has 0 unspecified atom stereocenters. The summed E-state index contributed by atoms with van der Waals surface area (Å²) in [4.78, 5) is 4.36. The molecule has 0 saturated heterocycles. The van der Waals surface area contributed by atoms with E-state index >= 15 is 0 Å². The van der Waals surface area contributed by atoms with Gasteiger partial charge < -0.3 is 10.1 Å². The lowest BCUT2D eigenvalue weighted by molar-refractivity contribution is 0.407. The molecule has 3 nitrogen and oxygen atoms in total. The molecule has 1 N–H and O–H groups in total. The molecule has 1 heterocycles. The number of aryl methyl sites for hydroxylation is 1. The van der Waals surface area contributed by atoms with Crippen LogP contribution in [0.3, 0.4) is 0 Å². The average Bonchev–Trinajstić information content (AvgIpc) is 2.41. The molecule has 94 valence electrons. The van der Waals surface area contributed by atoms with Gasteiger partial charge in [0.2, 0.25) is 0 Å². The lowest BCUT2D eigenvalue weighted by Crippen LogP contribution is -2.15. The normalized spacial score (nSPS) is 10.3. The van der Waals surface area contributed by atoms with Gasteiger partial charge in [0.15, 0.2) is 0 Å². The summed E-state index contributed by atoms with van der Waals surface area (Å²) in [5.41, 5.74) is 3.46. The second-order valence-electron chi connectivity index (χ2n) is 4.18. The van der Waals surface area contributed by atoms with E-state index in [-0.39, 0.29) is 0 Å². The first-order valence-corrected chi connectivity index (χ1v) is 6.04. The van der Waals surface area contributed by atoms with Gasteiger partial charge in [0.25, 0.3) is 0 Å². The van der Waals surface area contributed by atoms with Crippen molar-refractivity contribution in [3.63, 3.8) is 0 Å². The Bertz CT molecular complexity index is 511. The topological polar surface area (TPSA) is 34.1 Å². The first-order chi connectivity index (χ1) is 8.81. The Balaban J connectivity index is 1.95. The van der Waals surface area contributed by atoms with Crippen molar-refractivity contribution in [2.24, 2.45) is 0 Å². The predicted octanol–water partition coefficient (Wildman–Crippen LogP) is 2.69. The number of para-hydroxylation sites is 1. The summed E-state index contributed by atoms with van der Waals surface area (Å²) < 4.78 is 5.32. The first kappa shape index (κ1) is 12.6. The van der Waals surface area contributed by atoms with Gasteiger partial charge in [-0.05, 0) is 24.6 Å². The number of aromatic nitrogens is 1. The quantitative estimate of drug-likeness (QED) is 0.875. The Hall–Kier alpha value is -1.87. The fourth-order valence-corrected chi connectivity index (χ4v) is 1.87.